The van der Waals surface area contributed by atoms with Crippen LogP contribution in [0.2, 0.25) is 5.02 Å². The number of H-pyrrole nitrogens is 1. The summed E-state index contributed by atoms with van der Waals surface area (Å²) in [6.45, 7) is 0.0349. The minimum atomic E-state index is -0.210. The average molecular weight is 328 g/mol. The maximum absolute atomic E-state index is 11.9. The average Bonchev–Trinajstić information content (AvgIpc) is 2.86. The molecular weight excluding hydrogens is 314 g/mol. The Kier molecular flexibility index (Phi) is 5.03. The molecule has 0 spiro atoms. The van der Waals surface area contributed by atoms with Crippen molar-refractivity contribution >= 4 is 46.3 Å². The third-order valence-corrected chi connectivity index (χ3v) is 3.76. The molecule has 0 aliphatic carbocycles. The second-order valence-electron chi connectivity index (χ2n) is 4.28. The van der Waals surface area contributed by atoms with Gasteiger partial charge in [-0.15, -0.1) is 0 Å². The van der Waals surface area contributed by atoms with Crippen molar-refractivity contribution in [1.29, 1.82) is 0 Å². The van der Waals surface area contributed by atoms with E-state index in [0.29, 0.717) is 15.8 Å². The molecule has 9 heteroatoms. The molecule has 2 heterocycles. The van der Waals surface area contributed by atoms with E-state index in [4.69, 9.17) is 11.6 Å². The van der Waals surface area contributed by atoms with Crippen molar-refractivity contribution in [1.82, 2.24) is 25.2 Å². The van der Waals surface area contributed by atoms with Gasteiger partial charge in [-0.05, 0) is 6.07 Å². The van der Waals surface area contributed by atoms with Gasteiger partial charge >= 0.3 is 0 Å². The van der Waals surface area contributed by atoms with E-state index in [-0.39, 0.29) is 24.1 Å². The highest BCUT2D eigenvalue weighted by Gasteiger charge is 2.13. The molecule has 2 aromatic heterocycles. The first-order chi connectivity index (χ1) is 9.99. The lowest BCUT2D eigenvalue weighted by Crippen LogP contribution is -2.37. The summed E-state index contributed by atoms with van der Waals surface area (Å²) in [6, 6.07) is 1.72. The van der Waals surface area contributed by atoms with Crippen LogP contribution in [-0.2, 0) is 9.59 Å². The predicted molar refractivity (Wildman–Crippen MR) is 81.3 cm³/mol. The minimum Gasteiger partial charge on any atom is -0.358 e. The van der Waals surface area contributed by atoms with E-state index in [0.717, 1.165) is 5.52 Å². The monoisotopic (exact) mass is 327 g/mol. The Morgan fingerprint density at radius 2 is 2.29 bits per heavy atom. The highest BCUT2D eigenvalue weighted by atomic mass is 35.5. The van der Waals surface area contributed by atoms with E-state index in [1.54, 1.807) is 13.1 Å². The lowest BCUT2D eigenvalue weighted by atomic mass is 10.4. The van der Waals surface area contributed by atoms with Crippen LogP contribution < -0.4 is 5.32 Å². The number of nitrogens with one attached hydrogen (secondary N) is 2. The second kappa shape index (κ2) is 6.77. The number of amides is 2. The van der Waals surface area contributed by atoms with E-state index < -0.39 is 0 Å². The second-order valence-corrected chi connectivity index (χ2v) is 5.68. The van der Waals surface area contributed by atoms with Crippen LogP contribution in [0.4, 0.5) is 0 Å². The molecule has 2 amide bonds. The number of pyridine rings is 1. The molecule has 21 heavy (non-hydrogen) atoms. The largest absolute Gasteiger partial charge is 0.358 e. The van der Waals surface area contributed by atoms with Gasteiger partial charge in [-0.3, -0.25) is 9.59 Å². The standard InChI is InChI=1S/C12H14ClN5O2S/c1-14-9(19)5-18(2)10(20)6-21-12-16-8-3-7(13)4-15-11(8)17-12/h3-4H,5-6H2,1-2H3,(H,14,19)(H,15,16,17). The SMILES string of the molecule is CNC(=O)CN(C)C(=O)CSc1nc2ncc(Cl)cc2[nH]1. The highest BCUT2D eigenvalue weighted by molar-refractivity contribution is 7.99. The summed E-state index contributed by atoms with van der Waals surface area (Å²) in [7, 11) is 3.11. The number of imidazole rings is 1. The van der Waals surface area contributed by atoms with Crippen molar-refractivity contribution in [2.24, 2.45) is 0 Å². The summed E-state index contributed by atoms with van der Waals surface area (Å²) >= 11 is 7.09. The van der Waals surface area contributed by atoms with Crippen molar-refractivity contribution in [2.75, 3.05) is 26.4 Å². The molecule has 7 nitrogen and oxygen atoms in total. The quantitative estimate of drug-likeness (QED) is 0.796. The van der Waals surface area contributed by atoms with Crippen molar-refractivity contribution in [3.05, 3.63) is 17.3 Å². The summed E-state index contributed by atoms with van der Waals surface area (Å²) in [6.07, 6.45) is 1.52. The number of likely N-dealkylation sites (N-methyl/N-ethyl adjacent to an activating group) is 2. The number of carbonyl (C=O) groups excluding carboxylic acids is 2. The molecule has 0 unspecified atom stereocenters. The van der Waals surface area contributed by atoms with Gasteiger partial charge < -0.3 is 15.2 Å². The van der Waals surface area contributed by atoms with Gasteiger partial charge in [0.05, 0.1) is 22.8 Å². The Morgan fingerprint density at radius 1 is 1.52 bits per heavy atom. The van der Waals surface area contributed by atoms with Gasteiger partial charge in [0.1, 0.15) is 0 Å². The van der Waals surface area contributed by atoms with Crippen LogP contribution in [0, 0.1) is 0 Å². The molecule has 2 aromatic rings. The Hall–Kier alpha value is -1.80. The van der Waals surface area contributed by atoms with Crippen LogP contribution in [0.15, 0.2) is 17.4 Å². The molecule has 0 saturated carbocycles. The highest BCUT2D eigenvalue weighted by Crippen LogP contribution is 2.20. The fourth-order valence-electron chi connectivity index (χ4n) is 1.54. The number of nitrogens with zero attached hydrogens (tertiary/aromatic N) is 3. The summed E-state index contributed by atoms with van der Waals surface area (Å²) in [5.74, 6) is -0.186. The van der Waals surface area contributed by atoms with E-state index in [1.165, 1.54) is 29.9 Å². The van der Waals surface area contributed by atoms with Crippen molar-refractivity contribution in [2.45, 2.75) is 5.16 Å². The molecule has 2 N–H and O–H groups in total. The zero-order valence-electron chi connectivity index (χ0n) is 11.5. The van der Waals surface area contributed by atoms with E-state index in [9.17, 15) is 9.59 Å². The normalized spacial score (nSPS) is 10.6. The first-order valence-electron chi connectivity index (χ1n) is 6.08. The number of carbonyl (C=O) groups is 2. The van der Waals surface area contributed by atoms with E-state index in [1.807, 2.05) is 0 Å². The topological polar surface area (TPSA) is 91.0 Å². The third-order valence-electron chi connectivity index (χ3n) is 2.70. The Balaban J connectivity index is 1.94. The smallest absolute Gasteiger partial charge is 0.239 e. The minimum absolute atomic E-state index is 0.0349. The fraction of sp³-hybridized carbons (Fsp3) is 0.333. The van der Waals surface area contributed by atoms with Crippen LogP contribution in [-0.4, -0.2) is 58.1 Å². The lowest BCUT2D eigenvalue weighted by Gasteiger charge is -2.15. The van der Waals surface area contributed by atoms with Crippen LogP contribution in [0.1, 0.15) is 0 Å². The molecule has 0 aromatic carbocycles. The number of thioether (sulfide) groups is 1. The molecular formula is C12H14ClN5O2S. The van der Waals surface area contributed by atoms with Crippen LogP contribution in [0.25, 0.3) is 11.2 Å². The zero-order chi connectivity index (χ0) is 15.4. The number of aromatic nitrogens is 3. The van der Waals surface area contributed by atoms with Gasteiger partial charge in [-0.1, -0.05) is 23.4 Å². The maximum atomic E-state index is 11.9. The predicted octanol–water partition coefficient (Wildman–Crippen LogP) is 0.908. The zero-order valence-corrected chi connectivity index (χ0v) is 13.1. The van der Waals surface area contributed by atoms with Crippen LogP contribution >= 0.6 is 23.4 Å². The van der Waals surface area contributed by atoms with Gasteiger partial charge in [0.25, 0.3) is 0 Å². The van der Waals surface area contributed by atoms with Gasteiger partial charge in [-0.2, -0.15) is 0 Å². The number of aromatic amines is 1. The molecule has 0 atom stereocenters. The van der Waals surface area contributed by atoms with Crippen LogP contribution in [0.5, 0.6) is 0 Å². The first-order valence-corrected chi connectivity index (χ1v) is 7.44. The Labute approximate surface area is 130 Å². The summed E-state index contributed by atoms with van der Waals surface area (Å²) in [5, 5.41) is 3.57. The lowest BCUT2D eigenvalue weighted by molar-refractivity contribution is -0.132. The molecule has 112 valence electrons. The van der Waals surface area contributed by atoms with Gasteiger partial charge in [0, 0.05) is 20.3 Å². The number of hydrogen-bond donors (Lipinski definition) is 2. The maximum Gasteiger partial charge on any atom is 0.239 e. The summed E-state index contributed by atoms with van der Waals surface area (Å²) in [4.78, 5) is 35.8. The van der Waals surface area contributed by atoms with Gasteiger partial charge in [-0.25, -0.2) is 9.97 Å². The molecule has 0 aliphatic rings. The first kappa shape index (κ1) is 15.6. The molecule has 0 aliphatic heterocycles. The number of fused-ring (bicyclic) bond motifs is 1. The van der Waals surface area contributed by atoms with Crippen molar-refractivity contribution in [3.8, 4) is 0 Å². The van der Waals surface area contributed by atoms with Crippen molar-refractivity contribution < 1.29 is 9.59 Å². The van der Waals surface area contributed by atoms with Crippen LogP contribution in [0.3, 0.4) is 0 Å². The molecule has 0 fully saturated rings. The molecule has 0 bridgehead atoms. The van der Waals surface area contributed by atoms with E-state index >= 15 is 0 Å². The van der Waals surface area contributed by atoms with Gasteiger partial charge in [0.2, 0.25) is 11.8 Å². The van der Waals surface area contributed by atoms with E-state index in [2.05, 4.69) is 20.3 Å². The Morgan fingerprint density at radius 3 is 3.00 bits per heavy atom. The fourth-order valence-corrected chi connectivity index (χ4v) is 2.52. The summed E-state index contributed by atoms with van der Waals surface area (Å²) < 4.78 is 0. The molecule has 2 rings (SSSR count). The summed E-state index contributed by atoms with van der Waals surface area (Å²) in [5.41, 5.74) is 1.27. The molecule has 0 radical (unpaired) electrons. The number of hydrogen-bond acceptors (Lipinski definition) is 5. The molecule has 0 saturated heterocycles. The third kappa shape index (κ3) is 4.08. The number of rotatable bonds is 5. The number of halogens is 1. The van der Waals surface area contributed by atoms with Crippen molar-refractivity contribution in [3.63, 3.8) is 0 Å². The van der Waals surface area contributed by atoms with Gasteiger partial charge in [0.15, 0.2) is 10.8 Å². The Bertz CT molecular complexity index is 675.